The maximum absolute atomic E-state index is 12.9. The number of hydrogen-bond acceptors (Lipinski definition) is 4. The van der Waals surface area contributed by atoms with Crippen molar-refractivity contribution in [1.29, 1.82) is 0 Å². The van der Waals surface area contributed by atoms with Gasteiger partial charge in [-0.15, -0.1) is 0 Å². The normalized spacial score (nSPS) is 33.8. The average molecular weight is 368 g/mol. The highest BCUT2D eigenvalue weighted by Gasteiger charge is 2.51. The highest BCUT2D eigenvalue weighted by Crippen LogP contribution is 2.52. The lowest BCUT2D eigenvalue weighted by Gasteiger charge is -2.39. The van der Waals surface area contributed by atoms with Gasteiger partial charge in [0.25, 0.3) is 5.91 Å². The van der Waals surface area contributed by atoms with Crippen molar-refractivity contribution >= 4 is 29.6 Å². The number of nitrogens with one attached hydrogen (secondary N) is 1. The second-order valence-electron chi connectivity index (χ2n) is 8.94. The monoisotopic (exact) mass is 367 g/mol. The van der Waals surface area contributed by atoms with Gasteiger partial charge >= 0.3 is 6.03 Å². The number of nitrogens with zero attached hydrogens (tertiary/aromatic N) is 2. The third-order valence-corrected chi connectivity index (χ3v) is 6.39. The van der Waals surface area contributed by atoms with Crippen LogP contribution in [0.15, 0.2) is 0 Å². The van der Waals surface area contributed by atoms with Crippen LogP contribution in [0.2, 0.25) is 0 Å². The number of urea groups is 1. The Morgan fingerprint density at radius 3 is 2.68 bits per heavy atom. The first-order valence-corrected chi connectivity index (χ1v) is 10.4. The summed E-state index contributed by atoms with van der Waals surface area (Å²) in [7, 11) is 0. The largest absolute Gasteiger partial charge is 0.338 e. The standard InChI is InChI=1S/C18H29N3O3S/c1-17(2)7-12-8-18(3,10-17)11-21(12)14(22)9-20-15(23)13(5-6-25-4)19-16(20)24/h12-13H,5-11H2,1-4H3,(H,19,24)/t12-,13-,18-/m0/s1. The maximum Gasteiger partial charge on any atom is 0.325 e. The molecule has 0 aromatic carbocycles. The molecule has 2 aliphatic heterocycles. The number of carbonyl (C=O) groups is 3. The molecule has 0 aromatic heterocycles. The number of imide groups is 1. The first-order valence-electron chi connectivity index (χ1n) is 9.04. The number of hydrogen-bond donors (Lipinski definition) is 1. The summed E-state index contributed by atoms with van der Waals surface area (Å²) in [6.45, 7) is 7.38. The van der Waals surface area contributed by atoms with Gasteiger partial charge < -0.3 is 10.2 Å². The zero-order valence-corrected chi connectivity index (χ0v) is 16.4. The van der Waals surface area contributed by atoms with Gasteiger partial charge in [-0.1, -0.05) is 20.8 Å². The van der Waals surface area contributed by atoms with E-state index >= 15 is 0 Å². The Morgan fingerprint density at radius 2 is 2.00 bits per heavy atom. The van der Waals surface area contributed by atoms with Crippen LogP contribution >= 0.6 is 11.8 Å². The smallest absolute Gasteiger partial charge is 0.325 e. The molecule has 2 saturated heterocycles. The van der Waals surface area contributed by atoms with E-state index in [0.717, 1.165) is 36.5 Å². The Morgan fingerprint density at radius 1 is 1.28 bits per heavy atom. The molecule has 7 heteroatoms. The summed E-state index contributed by atoms with van der Waals surface area (Å²) in [5.74, 6) is 0.446. The van der Waals surface area contributed by atoms with Gasteiger partial charge in [-0.2, -0.15) is 11.8 Å². The third kappa shape index (κ3) is 3.66. The summed E-state index contributed by atoms with van der Waals surface area (Å²) < 4.78 is 0. The van der Waals surface area contributed by atoms with Crippen molar-refractivity contribution in [1.82, 2.24) is 15.1 Å². The van der Waals surface area contributed by atoms with Crippen LogP contribution in [0.3, 0.4) is 0 Å². The van der Waals surface area contributed by atoms with Crippen molar-refractivity contribution < 1.29 is 14.4 Å². The van der Waals surface area contributed by atoms with Crippen LogP contribution in [-0.2, 0) is 9.59 Å². The lowest BCUT2D eigenvalue weighted by Crippen LogP contribution is -2.45. The van der Waals surface area contributed by atoms with E-state index < -0.39 is 12.1 Å². The number of thioether (sulfide) groups is 1. The molecule has 0 spiro atoms. The minimum Gasteiger partial charge on any atom is -0.338 e. The van der Waals surface area contributed by atoms with Gasteiger partial charge in [0.1, 0.15) is 12.6 Å². The third-order valence-electron chi connectivity index (χ3n) is 5.75. The zero-order valence-electron chi connectivity index (χ0n) is 15.6. The molecule has 3 atom stereocenters. The van der Waals surface area contributed by atoms with E-state index in [1.165, 1.54) is 0 Å². The number of amides is 4. The Balaban J connectivity index is 1.65. The summed E-state index contributed by atoms with van der Waals surface area (Å²) in [5, 5.41) is 2.70. The van der Waals surface area contributed by atoms with Gasteiger partial charge in [0.15, 0.2) is 0 Å². The molecule has 3 fully saturated rings. The van der Waals surface area contributed by atoms with Crippen LogP contribution in [0.5, 0.6) is 0 Å². The predicted octanol–water partition coefficient (Wildman–Crippen LogP) is 2.09. The number of rotatable bonds is 5. The Hall–Kier alpha value is -1.24. The lowest BCUT2D eigenvalue weighted by molar-refractivity contribution is -0.138. The molecular formula is C18H29N3O3S. The van der Waals surface area contributed by atoms with Crippen LogP contribution in [0.4, 0.5) is 4.79 Å². The molecule has 25 heavy (non-hydrogen) atoms. The first kappa shape index (κ1) is 18.5. The van der Waals surface area contributed by atoms with Crippen molar-refractivity contribution in [2.75, 3.05) is 25.1 Å². The summed E-state index contributed by atoms with van der Waals surface area (Å²) in [4.78, 5) is 40.4. The number of fused-ring (bicyclic) bond motifs is 2. The lowest BCUT2D eigenvalue weighted by atomic mass is 9.65. The van der Waals surface area contributed by atoms with Crippen LogP contribution in [-0.4, -0.2) is 64.8 Å². The molecule has 4 amide bonds. The van der Waals surface area contributed by atoms with Gasteiger partial charge in [0, 0.05) is 12.6 Å². The Bertz CT molecular complexity index is 594. The van der Waals surface area contributed by atoms with Crippen LogP contribution in [0.25, 0.3) is 0 Å². The molecule has 3 rings (SSSR count). The highest BCUT2D eigenvalue weighted by atomic mass is 32.2. The quantitative estimate of drug-likeness (QED) is 0.756. The van der Waals surface area contributed by atoms with E-state index in [-0.39, 0.29) is 35.2 Å². The molecule has 1 saturated carbocycles. The summed E-state index contributed by atoms with van der Waals surface area (Å²) in [6, 6.07) is -0.686. The second-order valence-corrected chi connectivity index (χ2v) is 9.93. The summed E-state index contributed by atoms with van der Waals surface area (Å²) >= 11 is 1.64. The second kappa shape index (κ2) is 6.49. The van der Waals surface area contributed by atoms with E-state index in [1.54, 1.807) is 11.8 Å². The molecule has 1 aliphatic carbocycles. The number of carbonyl (C=O) groups excluding carboxylic acids is 3. The molecule has 3 aliphatic rings. The van der Waals surface area contributed by atoms with Crippen molar-refractivity contribution in [2.45, 2.75) is 58.5 Å². The number of likely N-dealkylation sites (tertiary alicyclic amines) is 1. The van der Waals surface area contributed by atoms with E-state index in [1.807, 2.05) is 11.2 Å². The van der Waals surface area contributed by atoms with Crippen molar-refractivity contribution in [2.24, 2.45) is 10.8 Å². The van der Waals surface area contributed by atoms with E-state index in [9.17, 15) is 14.4 Å². The summed E-state index contributed by atoms with van der Waals surface area (Å²) in [5.41, 5.74) is 0.386. The van der Waals surface area contributed by atoms with Crippen LogP contribution in [0, 0.1) is 10.8 Å². The molecule has 2 heterocycles. The Labute approximate surface area is 154 Å². The van der Waals surface area contributed by atoms with Gasteiger partial charge in [-0.25, -0.2) is 4.79 Å². The molecule has 6 nitrogen and oxygen atoms in total. The molecule has 0 aromatic rings. The predicted molar refractivity (Wildman–Crippen MR) is 98.3 cm³/mol. The average Bonchev–Trinajstić information content (AvgIpc) is 2.91. The van der Waals surface area contributed by atoms with Crippen LogP contribution < -0.4 is 5.32 Å². The van der Waals surface area contributed by atoms with Gasteiger partial charge in [-0.05, 0) is 48.5 Å². The Kier molecular flexibility index (Phi) is 4.81. The minimum absolute atomic E-state index is 0.0968. The van der Waals surface area contributed by atoms with Crippen molar-refractivity contribution in [3.8, 4) is 0 Å². The molecule has 140 valence electrons. The van der Waals surface area contributed by atoms with Gasteiger partial charge in [0.05, 0.1) is 0 Å². The van der Waals surface area contributed by atoms with Crippen LogP contribution in [0.1, 0.15) is 46.5 Å². The molecule has 0 radical (unpaired) electrons. The topological polar surface area (TPSA) is 69.7 Å². The first-order chi connectivity index (χ1) is 11.6. The fourth-order valence-electron chi connectivity index (χ4n) is 5.14. The van der Waals surface area contributed by atoms with Gasteiger partial charge in [0.2, 0.25) is 5.91 Å². The fraction of sp³-hybridized carbons (Fsp3) is 0.833. The molecule has 0 unspecified atom stereocenters. The van der Waals surface area contributed by atoms with E-state index in [0.29, 0.717) is 6.42 Å². The molecule has 1 N–H and O–H groups in total. The highest BCUT2D eigenvalue weighted by molar-refractivity contribution is 7.98. The van der Waals surface area contributed by atoms with E-state index in [4.69, 9.17) is 0 Å². The zero-order chi connectivity index (χ0) is 18.4. The SMILES string of the molecule is CSCC[C@@H]1NC(=O)N(CC(=O)N2C[C@@]3(C)C[C@@H]2CC(C)(C)C3)C1=O. The van der Waals surface area contributed by atoms with Crippen molar-refractivity contribution in [3.63, 3.8) is 0 Å². The summed E-state index contributed by atoms with van der Waals surface area (Å²) in [6.07, 6.45) is 5.70. The molecular weight excluding hydrogens is 338 g/mol. The minimum atomic E-state index is -0.484. The van der Waals surface area contributed by atoms with Crippen molar-refractivity contribution in [3.05, 3.63) is 0 Å². The van der Waals surface area contributed by atoms with E-state index in [2.05, 4.69) is 26.1 Å². The fourth-order valence-corrected chi connectivity index (χ4v) is 5.61. The van der Waals surface area contributed by atoms with Gasteiger partial charge in [-0.3, -0.25) is 14.5 Å². The molecule has 2 bridgehead atoms. The maximum atomic E-state index is 12.9.